The zero-order valence-electron chi connectivity index (χ0n) is 8.26. The van der Waals surface area contributed by atoms with Gasteiger partial charge in [0, 0.05) is 26.2 Å². The van der Waals surface area contributed by atoms with Crippen LogP contribution in [0.15, 0.2) is 0 Å². The Morgan fingerprint density at radius 1 is 0.786 bits per heavy atom. The van der Waals surface area contributed by atoms with Gasteiger partial charge in [-0.2, -0.15) is 10.0 Å². The molecule has 0 amide bonds. The number of rotatable bonds is 2. The van der Waals surface area contributed by atoms with E-state index in [1.165, 1.54) is 5.28 Å². The SMILES string of the molecule is ON(N1CCOCC1)N1CCOCC1. The first-order chi connectivity index (χ1) is 6.88. The Morgan fingerprint density at radius 2 is 1.14 bits per heavy atom. The maximum Gasteiger partial charge on any atom is 0.0609 e. The Balaban J connectivity index is 1.82. The van der Waals surface area contributed by atoms with Crippen molar-refractivity contribution >= 4 is 0 Å². The van der Waals surface area contributed by atoms with E-state index in [2.05, 4.69) is 0 Å². The normalized spacial score (nSPS) is 27.0. The van der Waals surface area contributed by atoms with Crippen LogP contribution in [-0.4, -0.2) is 73.1 Å². The first-order valence-corrected chi connectivity index (χ1v) is 5.02. The van der Waals surface area contributed by atoms with Crippen LogP contribution in [0.1, 0.15) is 0 Å². The van der Waals surface area contributed by atoms with Crippen LogP contribution in [-0.2, 0) is 9.47 Å². The lowest BCUT2D eigenvalue weighted by atomic mass is 10.5. The van der Waals surface area contributed by atoms with E-state index in [-0.39, 0.29) is 0 Å². The lowest BCUT2D eigenvalue weighted by molar-refractivity contribution is -0.379. The molecule has 6 heteroatoms. The van der Waals surface area contributed by atoms with Gasteiger partial charge in [0.25, 0.3) is 0 Å². The van der Waals surface area contributed by atoms with Crippen molar-refractivity contribution in [2.24, 2.45) is 0 Å². The van der Waals surface area contributed by atoms with E-state index in [9.17, 15) is 5.21 Å². The fourth-order valence-corrected chi connectivity index (χ4v) is 1.64. The van der Waals surface area contributed by atoms with Gasteiger partial charge in [-0.15, -0.1) is 0 Å². The van der Waals surface area contributed by atoms with Crippen molar-refractivity contribution in [2.45, 2.75) is 0 Å². The molecule has 0 atom stereocenters. The second-order valence-electron chi connectivity index (χ2n) is 3.40. The number of nitrogens with zero attached hydrogens (tertiary/aromatic N) is 3. The second-order valence-corrected chi connectivity index (χ2v) is 3.40. The van der Waals surface area contributed by atoms with Crippen molar-refractivity contribution in [1.29, 1.82) is 0 Å². The minimum absolute atomic E-state index is 0.682. The molecule has 14 heavy (non-hydrogen) atoms. The van der Waals surface area contributed by atoms with Gasteiger partial charge in [-0.1, -0.05) is 0 Å². The summed E-state index contributed by atoms with van der Waals surface area (Å²) in [6, 6.07) is 0. The zero-order chi connectivity index (χ0) is 9.80. The number of hydrogen-bond acceptors (Lipinski definition) is 6. The van der Waals surface area contributed by atoms with Gasteiger partial charge in [-0.05, 0) is 5.28 Å². The molecule has 6 nitrogen and oxygen atoms in total. The monoisotopic (exact) mass is 203 g/mol. The van der Waals surface area contributed by atoms with Gasteiger partial charge < -0.3 is 9.47 Å². The van der Waals surface area contributed by atoms with Gasteiger partial charge in [-0.25, -0.2) is 0 Å². The molecular weight excluding hydrogens is 186 g/mol. The molecule has 2 saturated heterocycles. The van der Waals surface area contributed by atoms with Crippen molar-refractivity contribution in [3.63, 3.8) is 0 Å². The molecule has 0 aromatic heterocycles. The van der Waals surface area contributed by atoms with E-state index in [1.807, 2.05) is 10.0 Å². The van der Waals surface area contributed by atoms with Crippen LogP contribution in [0.2, 0.25) is 0 Å². The standard InChI is InChI=1S/C8H17N3O3/c12-11(9-1-5-13-6-2-9)10-3-7-14-8-4-10/h12H,1-8H2. The van der Waals surface area contributed by atoms with Gasteiger partial charge in [-0.3, -0.25) is 5.21 Å². The summed E-state index contributed by atoms with van der Waals surface area (Å²) in [5.74, 6) is 0. The van der Waals surface area contributed by atoms with Crippen LogP contribution in [0.4, 0.5) is 0 Å². The van der Waals surface area contributed by atoms with E-state index >= 15 is 0 Å². The molecule has 2 rings (SSSR count). The molecule has 82 valence electrons. The highest BCUT2D eigenvalue weighted by molar-refractivity contribution is 4.59. The Bertz CT molecular complexity index is 151. The van der Waals surface area contributed by atoms with Gasteiger partial charge >= 0.3 is 0 Å². The molecule has 0 unspecified atom stereocenters. The fourth-order valence-electron chi connectivity index (χ4n) is 1.64. The third-order valence-electron chi connectivity index (χ3n) is 2.48. The van der Waals surface area contributed by atoms with E-state index in [0.29, 0.717) is 26.4 Å². The van der Waals surface area contributed by atoms with Gasteiger partial charge in [0.05, 0.1) is 26.4 Å². The Morgan fingerprint density at radius 3 is 1.50 bits per heavy atom. The first kappa shape index (κ1) is 10.3. The summed E-state index contributed by atoms with van der Waals surface area (Å²) < 4.78 is 10.4. The minimum atomic E-state index is 0.682. The number of hydrogen-bond donors (Lipinski definition) is 1. The summed E-state index contributed by atoms with van der Waals surface area (Å²) in [4.78, 5) is 0. The molecule has 2 aliphatic rings. The van der Waals surface area contributed by atoms with Crippen molar-refractivity contribution in [2.75, 3.05) is 52.6 Å². The van der Waals surface area contributed by atoms with Crippen LogP contribution < -0.4 is 0 Å². The number of morpholine rings is 2. The average Bonchev–Trinajstić information content (AvgIpc) is 2.30. The average molecular weight is 203 g/mol. The van der Waals surface area contributed by atoms with Crippen LogP contribution >= 0.6 is 0 Å². The Kier molecular flexibility index (Phi) is 3.68. The molecular formula is C8H17N3O3. The largest absolute Gasteiger partial charge is 0.379 e. The van der Waals surface area contributed by atoms with Crippen molar-refractivity contribution in [1.82, 2.24) is 15.3 Å². The quantitative estimate of drug-likeness (QED) is 0.591. The molecule has 0 aromatic carbocycles. The number of hydrazine groups is 2. The second kappa shape index (κ2) is 5.01. The third kappa shape index (κ3) is 2.41. The molecule has 0 aliphatic carbocycles. The molecule has 0 saturated carbocycles. The van der Waals surface area contributed by atoms with Crippen molar-refractivity contribution < 1.29 is 14.7 Å². The number of ether oxygens (including phenoxy) is 2. The predicted octanol–water partition coefficient (Wildman–Crippen LogP) is -0.828. The highest BCUT2D eigenvalue weighted by Gasteiger charge is 2.24. The van der Waals surface area contributed by atoms with Crippen molar-refractivity contribution in [3.05, 3.63) is 0 Å². The van der Waals surface area contributed by atoms with Crippen molar-refractivity contribution in [3.8, 4) is 0 Å². The van der Waals surface area contributed by atoms with Crippen LogP contribution in [0, 0.1) is 0 Å². The molecule has 2 heterocycles. The van der Waals surface area contributed by atoms with Gasteiger partial charge in [0.15, 0.2) is 0 Å². The molecule has 0 aromatic rings. The lowest BCUT2D eigenvalue weighted by Gasteiger charge is -2.40. The van der Waals surface area contributed by atoms with E-state index in [0.717, 1.165) is 26.2 Å². The summed E-state index contributed by atoms with van der Waals surface area (Å²) in [5, 5.41) is 14.9. The zero-order valence-corrected chi connectivity index (χ0v) is 8.26. The molecule has 1 N–H and O–H groups in total. The minimum Gasteiger partial charge on any atom is -0.379 e. The van der Waals surface area contributed by atoms with Gasteiger partial charge in [0.1, 0.15) is 0 Å². The molecule has 0 spiro atoms. The highest BCUT2D eigenvalue weighted by atomic mass is 16.6. The van der Waals surface area contributed by atoms with E-state index in [1.54, 1.807) is 0 Å². The summed E-state index contributed by atoms with van der Waals surface area (Å²) in [6.07, 6.45) is 0. The third-order valence-corrected chi connectivity index (χ3v) is 2.48. The smallest absolute Gasteiger partial charge is 0.0609 e. The van der Waals surface area contributed by atoms with Gasteiger partial charge in [0.2, 0.25) is 0 Å². The molecule has 2 aliphatic heterocycles. The molecule has 0 bridgehead atoms. The summed E-state index contributed by atoms with van der Waals surface area (Å²) >= 11 is 0. The summed E-state index contributed by atoms with van der Waals surface area (Å²) in [7, 11) is 0. The van der Waals surface area contributed by atoms with E-state index < -0.39 is 0 Å². The molecule has 2 fully saturated rings. The molecule has 0 radical (unpaired) electrons. The Labute approximate surface area is 83.5 Å². The van der Waals surface area contributed by atoms with Crippen LogP contribution in [0.25, 0.3) is 0 Å². The highest BCUT2D eigenvalue weighted by Crippen LogP contribution is 2.06. The van der Waals surface area contributed by atoms with E-state index in [4.69, 9.17) is 9.47 Å². The summed E-state index contributed by atoms with van der Waals surface area (Å²) in [6.45, 7) is 5.70. The van der Waals surface area contributed by atoms with Crippen LogP contribution in [0.3, 0.4) is 0 Å². The first-order valence-electron chi connectivity index (χ1n) is 5.02. The van der Waals surface area contributed by atoms with Crippen LogP contribution in [0.5, 0.6) is 0 Å². The predicted molar refractivity (Wildman–Crippen MR) is 48.4 cm³/mol. The maximum atomic E-state index is 9.87. The fraction of sp³-hybridized carbons (Fsp3) is 1.00. The lowest BCUT2D eigenvalue weighted by Crippen LogP contribution is -2.57. The Hall–Kier alpha value is -0.240. The maximum absolute atomic E-state index is 9.87. The topological polar surface area (TPSA) is 48.4 Å². The summed E-state index contributed by atoms with van der Waals surface area (Å²) in [5.41, 5.74) is 0.